The van der Waals surface area contributed by atoms with Crippen LogP contribution in [-0.4, -0.2) is 29.5 Å². The Kier molecular flexibility index (Phi) is 20.8. The van der Waals surface area contributed by atoms with Crippen LogP contribution in [0.5, 0.6) is 0 Å². The quantitative estimate of drug-likeness (QED) is 0.169. The smallest absolute Gasteiger partial charge is 0.160 e. The first-order valence-corrected chi connectivity index (χ1v) is 15.9. The molecule has 2 unspecified atom stereocenters. The Hall–Kier alpha value is -3.14. The van der Waals surface area contributed by atoms with Gasteiger partial charge in [0, 0.05) is 31.4 Å². The number of benzene rings is 2. The molecule has 232 valence electrons. The van der Waals surface area contributed by atoms with Crippen molar-refractivity contribution < 1.29 is 4.79 Å². The third-order valence-electron chi connectivity index (χ3n) is 7.41. The molecule has 3 rings (SSSR count). The monoisotopic (exact) mass is 573 g/mol. The van der Waals surface area contributed by atoms with Crippen LogP contribution >= 0.6 is 0 Å². The van der Waals surface area contributed by atoms with Crippen molar-refractivity contribution in [2.75, 3.05) is 7.05 Å². The Balaban J connectivity index is 0.000000695. The molecule has 0 bridgehead atoms. The zero-order chi connectivity index (χ0) is 32.1. The van der Waals surface area contributed by atoms with Gasteiger partial charge in [0.2, 0.25) is 0 Å². The van der Waals surface area contributed by atoms with Crippen LogP contribution in [0.4, 0.5) is 0 Å². The van der Waals surface area contributed by atoms with E-state index >= 15 is 0 Å². The van der Waals surface area contributed by atoms with Crippen molar-refractivity contribution >= 4 is 12.5 Å². The second kappa shape index (κ2) is 22.5. The van der Waals surface area contributed by atoms with Crippen molar-refractivity contribution in [3.8, 4) is 11.1 Å². The van der Waals surface area contributed by atoms with Gasteiger partial charge in [-0.15, -0.1) is 0 Å². The number of carbonyl (C=O) groups is 1. The summed E-state index contributed by atoms with van der Waals surface area (Å²) in [6.07, 6.45) is 12.6. The molecule has 3 aromatic rings. The zero-order valence-electron chi connectivity index (χ0n) is 28.7. The van der Waals surface area contributed by atoms with E-state index < -0.39 is 0 Å². The number of aliphatic imine (C=N–C) groups is 1. The minimum absolute atomic E-state index is 0.124. The first-order chi connectivity index (χ1) is 20.1. The Labute approximate surface area is 258 Å². The first kappa shape index (κ1) is 38.9. The van der Waals surface area contributed by atoms with Gasteiger partial charge in [0.15, 0.2) is 5.78 Å². The van der Waals surface area contributed by atoms with Gasteiger partial charge in [-0.25, -0.2) is 9.97 Å². The molecule has 0 aliphatic rings. The highest BCUT2D eigenvalue weighted by atomic mass is 16.1. The molecule has 1 aromatic heterocycles. The maximum absolute atomic E-state index is 11.4. The number of Topliss-reactive ketones (excluding diaryl/α,β-unsaturated/α-hetero) is 1. The summed E-state index contributed by atoms with van der Waals surface area (Å²) in [5.74, 6) is 2.80. The van der Waals surface area contributed by atoms with Crippen molar-refractivity contribution in [3.63, 3.8) is 0 Å². The average molecular weight is 574 g/mol. The van der Waals surface area contributed by atoms with E-state index in [2.05, 4.69) is 87.5 Å². The van der Waals surface area contributed by atoms with Crippen LogP contribution in [-0.2, 0) is 12.8 Å². The third-order valence-corrected chi connectivity index (χ3v) is 7.41. The predicted octanol–water partition coefficient (Wildman–Crippen LogP) is 10.6. The summed E-state index contributed by atoms with van der Waals surface area (Å²) in [6, 6.07) is 12.5. The van der Waals surface area contributed by atoms with Gasteiger partial charge in [-0.1, -0.05) is 104 Å². The normalized spacial score (nSPS) is 11.4. The number of aromatic nitrogens is 2. The van der Waals surface area contributed by atoms with Crippen LogP contribution in [0.2, 0.25) is 0 Å². The van der Waals surface area contributed by atoms with E-state index in [4.69, 9.17) is 0 Å². The van der Waals surface area contributed by atoms with E-state index in [-0.39, 0.29) is 5.78 Å². The topological polar surface area (TPSA) is 55.2 Å². The van der Waals surface area contributed by atoms with E-state index in [1.165, 1.54) is 59.9 Å². The van der Waals surface area contributed by atoms with Crippen molar-refractivity contribution in [1.82, 2.24) is 9.97 Å². The fourth-order valence-corrected chi connectivity index (χ4v) is 4.58. The van der Waals surface area contributed by atoms with Crippen molar-refractivity contribution in [2.45, 2.75) is 114 Å². The largest absolute Gasteiger partial charge is 0.304 e. The van der Waals surface area contributed by atoms with Crippen LogP contribution in [0.15, 0.2) is 53.8 Å². The molecule has 0 amide bonds. The van der Waals surface area contributed by atoms with Gasteiger partial charge in [-0.3, -0.25) is 4.79 Å². The van der Waals surface area contributed by atoms with E-state index in [9.17, 15) is 4.79 Å². The minimum atomic E-state index is 0.124. The van der Waals surface area contributed by atoms with Gasteiger partial charge < -0.3 is 4.99 Å². The van der Waals surface area contributed by atoms with Gasteiger partial charge in [-0.05, 0) is 92.5 Å². The highest BCUT2D eigenvalue weighted by Crippen LogP contribution is 2.25. The lowest BCUT2D eigenvalue weighted by Gasteiger charge is -2.14. The molecule has 4 heteroatoms. The lowest BCUT2D eigenvalue weighted by Crippen LogP contribution is -2.04. The molecule has 0 spiro atoms. The maximum Gasteiger partial charge on any atom is 0.160 e. The van der Waals surface area contributed by atoms with Gasteiger partial charge in [0.1, 0.15) is 5.82 Å². The Morgan fingerprint density at radius 3 is 1.76 bits per heavy atom. The molecule has 0 aliphatic heterocycles. The first-order valence-electron chi connectivity index (χ1n) is 15.9. The molecule has 2 aromatic carbocycles. The fraction of sp³-hybridized carbons (Fsp3) is 0.526. The molecule has 0 saturated carbocycles. The zero-order valence-corrected chi connectivity index (χ0v) is 28.7. The summed E-state index contributed by atoms with van der Waals surface area (Å²) < 4.78 is 0. The molecule has 0 saturated heterocycles. The molecule has 0 N–H and O–H groups in total. The lowest BCUT2D eigenvalue weighted by molar-refractivity contribution is 0.101. The van der Waals surface area contributed by atoms with Crippen LogP contribution in [0.25, 0.3) is 11.1 Å². The summed E-state index contributed by atoms with van der Waals surface area (Å²) in [6.45, 7) is 24.1. The molecule has 42 heavy (non-hydrogen) atoms. The average Bonchev–Trinajstić information content (AvgIpc) is 2.98. The third kappa shape index (κ3) is 15.2. The summed E-state index contributed by atoms with van der Waals surface area (Å²) in [5.41, 5.74) is 8.04. The fourth-order valence-electron chi connectivity index (χ4n) is 4.58. The standard InChI is InChI=1S/C17H30N2.C17H18O.C2H5N.C2H6/c1-5-7-14(3)8-9-15(4)10-11-17-18-12-16(6-2)13-19-17;1-11-5-6-15(9-12(11)2)16-7-8-17(14(4)18)13(3)10-16;1-3-2;1-2/h12-15H,5-11H2,1-4H3;5-10H,1-4H3;1H2,2H3;1-2H3. The van der Waals surface area contributed by atoms with Gasteiger partial charge >= 0.3 is 0 Å². The summed E-state index contributed by atoms with van der Waals surface area (Å²) in [7, 11) is 1.64. The Morgan fingerprint density at radius 2 is 1.31 bits per heavy atom. The van der Waals surface area contributed by atoms with Crippen molar-refractivity contribution in [1.29, 1.82) is 0 Å². The van der Waals surface area contributed by atoms with Crippen LogP contribution in [0.1, 0.15) is 119 Å². The minimum Gasteiger partial charge on any atom is -0.304 e. The van der Waals surface area contributed by atoms with Gasteiger partial charge in [0.25, 0.3) is 0 Å². The number of nitrogens with zero attached hydrogens (tertiary/aromatic N) is 3. The van der Waals surface area contributed by atoms with Crippen LogP contribution in [0, 0.1) is 32.6 Å². The van der Waals surface area contributed by atoms with Crippen molar-refractivity contribution in [3.05, 3.63) is 82.4 Å². The van der Waals surface area contributed by atoms with E-state index in [1.54, 1.807) is 14.0 Å². The SMILES string of the molecule is C=NC.CC.CC(=O)c1ccc(-c2ccc(C)c(C)c2)cc1C.CCCC(C)CCC(C)CCc1ncc(CC)cn1. The van der Waals surface area contributed by atoms with E-state index in [1.807, 2.05) is 45.3 Å². The molecule has 1 heterocycles. The summed E-state index contributed by atoms with van der Waals surface area (Å²) in [4.78, 5) is 23.5. The molecular formula is C38H59N3O. The predicted molar refractivity (Wildman–Crippen MR) is 185 cm³/mol. The Bertz CT molecular complexity index is 1170. The van der Waals surface area contributed by atoms with Crippen molar-refractivity contribution in [2.24, 2.45) is 16.8 Å². The number of carbonyl (C=O) groups excluding carboxylic acids is 1. The van der Waals surface area contributed by atoms with Gasteiger partial charge in [-0.2, -0.15) is 0 Å². The molecule has 0 aliphatic carbocycles. The number of hydrogen-bond acceptors (Lipinski definition) is 4. The summed E-state index contributed by atoms with van der Waals surface area (Å²) >= 11 is 0. The molecule has 0 fully saturated rings. The molecular weight excluding hydrogens is 514 g/mol. The highest BCUT2D eigenvalue weighted by molar-refractivity contribution is 5.96. The summed E-state index contributed by atoms with van der Waals surface area (Å²) in [5, 5.41) is 0. The maximum atomic E-state index is 11.4. The number of hydrogen-bond donors (Lipinski definition) is 0. The second-order valence-corrected chi connectivity index (χ2v) is 11.2. The second-order valence-electron chi connectivity index (χ2n) is 11.2. The van der Waals surface area contributed by atoms with Crippen LogP contribution < -0.4 is 0 Å². The molecule has 4 nitrogen and oxygen atoms in total. The van der Waals surface area contributed by atoms with Crippen LogP contribution in [0.3, 0.4) is 0 Å². The van der Waals surface area contributed by atoms with E-state index in [0.29, 0.717) is 0 Å². The number of aryl methyl sites for hydroxylation is 5. The van der Waals surface area contributed by atoms with Gasteiger partial charge in [0.05, 0.1) is 0 Å². The Morgan fingerprint density at radius 1 is 0.810 bits per heavy atom. The highest BCUT2D eigenvalue weighted by Gasteiger charge is 2.08. The number of ketones is 1. The number of rotatable bonds is 11. The van der Waals surface area contributed by atoms with E-state index in [0.717, 1.165) is 41.6 Å². The lowest BCUT2D eigenvalue weighted by atomic mass is 9.92. The molecule has 0 radical (unpaired) electrons. The molecule has 2 atom stereocenters.